The maximum absolute atomic E-state index is 13.4. The van der Waals surface area contributed by atoms with E-state index in [2.05, 4.69) is 30.0 Å². The minimum absolute atomic E-state index is 0.116. The lowest BCUT2D eigenvalue weighted by atomic mass is 9.98. The van der Waals surface area contributed by atoms with Crippen LogP contribution in [0.15, 0.2) is 18.3 Å². The Labute approximate surface area is 170 Å². The highest BCUT2D eigenvalue weighted by Crippen LogP contribution is 2.20. The molecule has 0 amide bonds. The number of nitrogens with one attached hydrogen (secondary N) is 2. The summed E-state index contributed by atoms with van der Waals surface area (Å²) in [5.74, 6) is -0.0107. The summed E-state index contributed by atoms with van der Waals surface area (Å²) in [6.07, 6.45) is 3.39. The van der Waals surface area contributed by atoms with Crippen LogP contribution >= 0.6 is 0 Å². The molecule has 0 saturated carbocycles. The lowest BCUT2D eigenvalue weighted by Gasteiger charge is -2.19. The molecule has 2 aromatic rings. The fourth-order valence-corrected chi connectivity index (χ4v) is 3.26. The van der Waals surface area contributed by atoms with E-state index in [0.29, 0.717) is 24.6 Å². The Hall–Kier alpha value is -2.40. The van der Waals surface area contributed by atoms with E-state index >= 15 is 0 Å². The molecule has 0 aromatic carbocycles. The molecule has 0 aliphatic carbocycles. The largest absolute Gasteiger partial charge is 0.394 e. The van der Waals surface area contributed by atoms with Crippen molar-refractivity contribution in [2.24, 2.45) is 5.92 Å². The van der Waals surface area contributed by atoms with Crippen LogP contribution in [-0.4, -0.2) is 52.4 Å². The first-order valence-corrected chi connectivity index (χ1v) is 11.2. The number of halogens is 1. The zero-order valence-electron chi connectivity index (χ0n) is 16.9. The van der Waals surface area contributed by atoms with E-state index < -0.39 is 16.0 Å². The summed E-state index contributed by atoms with van der Waals surface area (Å²) in [5, 5.41) is 12.6. The van der Waals surface area contributed by atoms with Gasteiger partial charge in [-0.1, -0.05) is 20.8 Å². The quantitative estimate of drug-likeness (QED) is 0.492. The van der Waals surface area contributed by atoms with Crippen molar-refractivity contribution in [1.29, 1.82) is 0 Å². The molecule has 0 radical (unpaired) electrons. The molecule has 3 N–H and O–H groups in total. The Balaban J connectivity index is 2.30. The van der Waals surface area contributed by atoms with Gasteiger partial charge in [0.05, 0.1) is 18.9 Å². The van der Waals surface area contributed by atoms with Gasteiger partial charge in [-0.3, -0.25) is 4.72 Å². The average molecular weight is 427 g/mol. The predicted molar refractivity (Wildman–Crippen MR) is 109 cm³/mol. The molecule has 0 aliphatic heterocycles. The first kappa shape index (κ1) is 22.9. The molecule has 11 heteroatoms. The highest BCUT2D eigenvalue weighted by atomic mass is 32.2. The van der Waals surface area contributed by atoms with E-state index in [-0.39, 0.29) is 30.5 Å². The Morgan fingerprint density at radius 2 is 1.86 bits per heavy atom. The van der Waals surface area contributed by atoms with E-state index in [9.17, 15) is 17.9 Å². The van der Waals surface area contributed by atoms with Gasteiger partial charge in [0, 0.05) is 12.6 Å². The molecule has 160 valence electrons. The summed E-state index contributed by atoms with van der Waals surface area (Å²) in [4.78, 5) is 16.2. The molecule has 0 aliphatic rings. The van der Waals surface area contributed by atoms with E-state index in [1.807, 2.05) is 20.8 Å². The Bertz CT molecular complexity index is 926. The third-order valence-corrected chi connectivity index (χ3v) is 4.63. The Morgan fingerprint density at radius 1 is 1.17 bits per heavy atom. The van der Waals surface area contributed by atoms with Crippen LogP contribution in [0.5, 0.6) is 0 Å². The van der Waals surface area contributed by atoms with Gasteiger partial charge in [0.25, 0.3) is 0 Å². The van der Waals surface area contributed by atoms with Gasteiger partial charge in [-0.15, -0.1) is 0 Å². The Morgan fingerprint density at radius 3 is 2.45 bits per heavy atom. The van der Waals surface area contributed by atoms with Gasteiger partial charge < -0.3 is 10.4 Å². The maximum Gasteiger partial charge on any atom is 0.241 e. The minimum Gasteiger partial charge on any atom is -0.394 e. The van der Waals surface area contributed by atoms with Crippen LogP contribution in [0.3, 0.4) is 0 Å². The standard InChI is InChI=1S/C18H27FN6O3S/c1-11(2)7-14(10-26)21-17-22-16(23-18(24-17)25-29(4,27)28)8-12(3)13-5-6-20-15(19)9-13/h5-6,9,11-12,14,26H,7-8,10H2,1-4H3,(H2,21,22,23,24,25)/t12-,14+/m0/s1. The smallest absolute Gasteiger partial charge is 0.241 e. The number of rotatable bonds is 10. The predicted octanol–water partition coefficient (Wildman–Crippen LogP) is 1.94. The number of anilines is 2. The van der Waals surface area contributed by atoms with E-state index in [1.54, 1.807) is 6.07 Å². The number of hydrogen-bond acceptors (Lipinski definition) is 8. The molecule has 0 spiro atoms. The van der Waals surface area contributed by atoms with Crippen LogP contribution in [0.2, 0.25) is 0 Å². The number of aromatic nitrogens is 4. The van der Waals surface area contributed by atoms with E-state index in [0.717, 1.165) is 11.8 Å². The van der Waals surface area contributed by atoms with Gasteiger partial charge in [-0.25, -0.2) is 13.4 Å². The van der Waals surface area contributed by atoms with Crippen LogP contribution in [0.4, 0.5) is 16.3 Å². The summed E-state index contributed by atoms with van der Waals surface area (Å²) in [7, 11) is -3.59. The molecule has 0 saturated heterocycles. The van der Waals surface area contributed by atoms with Gasteiger partial charge in [0.1, 0.15) is 5.82 Å². The van der Waals surface area contributed by atoms with Crippen molar-refractivity contribution in [2.45, 2.75) is 45.6 Å². The topological polar surface area (TPSA) is 130 Å². The van der Waals surface area contributed by atoms with Crippen molar-refractivity contribution < 1.29 is 17.9 Å². The minimum atomic E-state index is -3.59. The van der Waals surface area contributed by atoms with E-state index in [1.165, 1.54) is 12.3 Å². The van der Waals surface area contributed by atoms with Crippen molar-refractivity contribution in [2.75, 3.05) is 22.9 Å². The van der Waals surface area contributed by atoms with Crippen LogP contribution in [0.25, 0.3) is 0 Å². The van der Waals surface area contributed by atoms with Gasteiger partial charge in [-0.05, 0) is 36.0 Å². The maximum atomic E-state index is 13.4. The number of sulfonamides is 1. The molecule has 2 rings (SSSR count). The molecule has 0 bridgehead atoms. The monoisotopic (exact) mass is 426 g/mol. The summed E-state index contributed by atoms with van der Waals surface area (Å²) in [6, 6.07) is 2.75. The third kappa shape index (κ3) is 7.86. The van der Waals surface area contributed by atoms with Crippen molar-refractivity contribution in [3.8, 4) is 0 Å². The second kappa shape index (κ2) is 9.88. The molecule has 0 fully saturated rings. The first-order chi connectivity index (χ1) is 13.6. The van der Waals surface area contributed by atoms with Crippen LogP contribution in [0.1, 0.15) is 44.5 Å². The highest BCUT2D eigenvalue weighted by Gasteiger charge is 2.17. The average Bonchev–Trinajstić information content (AvgIpc) is 2.59. The highest BCUT2D eigenvalue weighted by molar-refractivity contribution is 7.91. The second-order valence-corrected chi connectivity index (χ2v) is 9.19. The van der Waals surface area contributed by atoms with Crippen LogP contribution in [-0.2, 0) is 16.4 Å². The molecular weight excluding hydrogens is 399 g/mol. The van der Waals surface area contributed by atoms with Crippen molar-refractivity contribution in [1.82, 2.24) is 19.9 Å². The lowest BCUT2D eigenvalue weighted by molar-refractivity contribution is 0.259. The summed E-state index contributed by atoms with van der Waals surface area (Å²) in [6.45, 7) is 5.80. The van der Waals surface area contributed by atoms with Gasteiger partial charge in [0.15, 0.2) is 0 Å². The van der Waals surface area contributed by atoms with Crippen LogP contribution in [0, 0.1) is 11.9 Å². The molecule has 9 nitrogen and oxygen atoms in total. The number of hydrogen-bond donors (Lipinski definition) is 3. The van der Waals surface area contributed by atoms with E-state index in [4.69, 9.17) is 0 Å². The molecule has 2 atom stereocenters. The van der Waals surface area contributed by atoms with Crippen molar-refractivity contribution >= 4 is 21.9 Å². The second-order valence-electron chi connectivity index (χ2n) is 7.44. The number of aliphatic hydroxyl groups excluding tert-OH is 1. The summed E-state index contributed by atoms with van der Waals surface area (Å²) in [5.41, 5.74) is 0.720. The first-order valence-electron chi connectivity index (χ1n) is 9.27. The van der Waals surface area contributed by atoms with Crippen molar-refractivity contribution in [3.63, 3.8) is 0 Å². The zero-order valence-corrected chi connectivity index (χ0v) is 17.7. The van der Waals surface area contributed by atoms with Gasteiger partial charge in [0.2, 0.25) is 27.9 Å². The molecular formula is C18H27FN6O3S. The molecule has 2 aromatic heterocycles. The molecule has 2 heterocycles. The number of pyridine rings is 1. The Kier molecular flexibility index (Phi) is 7.80. The summed E-state index contributed by atoms with van der Waals surface area (Å²) < 4.78 is 38.9. The lowest BCUT2D eigenvalue weighted by Crippen LogP contribution is -2.27. The third-order valence-electron chi connectivity index (χ3n) is 4.08. The summed E-state index contributed by atoms with van der Waals surface area (Å²) >= 11 is 0. The van der Waals surface area contributed by atoms with Crippen molar-refractivity contribution in [3.05, 3.63) is 35.7 Å². The molecule has 29 heavy (non-hydrogen) atoms. The van der Waals surface area contributed by atoms with Crippen LogP contribution < -0.4 is 10.0 Å². The number of nitrogens with zero attached hydrogens (tertiary/aromatic N) is 4. The van der Waals surface area contributed by atoms with Gasteiger partial charge in [-0.2, -0.15) is 19.3 Å². The fourth-order valence-electron chi connectivity index (χ4n) is 2.83. The van der Waals surface area contributed by atoms with Gasteiger partial charge >= 0.3 is 0 Å². The number of aliphatic hydroxyl groups is 1. The molecule has 0 unspecified atom stereocenters. The normalized spacial score (nSPS) is 13.9. The SMILES string of the molecule is CC(C)C[C@H](CO)Nc1nc(C[C@H](C)c2ccnc(F)c2)nc(NS(C)(=O)=O)n1. The fraction of sp³-hybridized carbons (Fsp3) is 0.556. The zero-order chi connectivity index (χ0) is 21.6.